The number of anilines is 2. The molecule has 9 nitrogen and oxygen atoms in total. The quantitative estimate of drug-likeness (QED) is 0.188. The van der Waals surface area contributed by atoms with Crippen molar-refractivity contribution in [1.82, 2.24) is 29.3 Å². The van der Waals surface area contributed by atoms with Gasteiger partial charge in [-0.15, -0.1) is 0 Å². The van der Waals surface area contributed by atoms with Crippen LogP contribution in [-0.2, 0) is 11.5 Å². The molecule has 0 saturated heterocycles. The molecule has 190 valence electrons. The lowest BCUT2D eigenvalue weighted by atomic mass is 10.1. The van der Waals surface area contributed by atoms with E-state index >= 15 is 0 Å². The number of methoxy groups -OCH3 is 1. The van der Waals surface area contributed by atoms with Crippen molar-refractivity contribution in [3.05, 3.63) is 73.4 Å². The largest absolute Gasteiger partial charge is 0.497 e. The molecule has 0 aliphatic rings. The Bertz CT molecular complexity index is 1490. The van der Waals surface area contributed by atoms with E-state index in [9.17, 15) is 0 Å². The Morgan fingerprint density at radius 2 is 1.81 bits per heavy atom. The molecule has 0 aliphatic carbocycles. The van der Waals surface area contributed by atoms with Gasteiger partial charge in [0.2, 0.25) is 5.95 Å². The Morgan fingerprint density at radius 3 is 2.59 bits per heavy atom. The zero-order valence-electron chi connectivity index (χ0n) is 21.5. The summed E-state index contributed by atoms with van der Waals surface area (Å²) >= 11 is 0. The lowest BCUT2D eigenvalue weighted by Crippen LogP contribution is -2.22. The first-order chi connectivity index (χ1) is 17.9. The van der Waals surface area contributed by atoms with Crippen LogP contribution in [0, 0.1) is 0 Å². The standard InChI is InChI=1S/C27H31N7O2Si/c1-35-23-9-10-25-24(15-23)29-18-34(25)27-28-12-11-26(32-27)31-22-7-5-20(6-8-22)21-16-30-33(17-21)19-36-13-14-37(2,3)4/h5-12,15-18H,13-14,19H2,1-4H3,(H,28,31,32). The Hall–Kier alpha value is -4.02. The second-order valence-electron chi connectivity index (χ2n) is 10.0. The molecule has 0 radical (unpaired) electrons. The van der Waals surface area contributed by atoms with Gasteiger partial charge in [0, 0.05) is 44.4 Å². The zero-order chi connectivity index (χ0) is 25.8. The lowest BCUT2D eigenvalue weighted by Gasteiger charge is -2.15. The predicted octanol–water partition coefficient (Wildman–Crippen LogP) is 5.74. The molecule has 0 fully saturated rings. The fourth-order valence-electron chi connectivity index (χ4n) is 3.83. The third-order valence-electron chi connectivity index (χ3n) is 5.96. The third kappa shape index (κ3) is 6.04. The molecule has 0 aliphatic heterocycles. The SMILES string of the molecule is COc1ccc2c(c1)ncn2-c1nccc(Nc2ccc(-c3cnn(COCC[Si](C)(C)C)c3)cc2)n1. The molecule has 0 amide bonds. The van der Waals surface area contributed by atoms with Crippen LogP contribution in [-0.4, -0.2) is 51.1 Å². The second-order valence-corrected chi connectivity index (χ2v) is 15.7. The normalized spacial score (nSPS) is 11.7. The van der Waals surface area contributed by atoms with Gasteiger partial charge in [-0.05, 0) is 41.9 Å². The van der Waals surface area contributed by atoms with Crippen molar-refractivity contribution in [3.63, 3.8) is 0 Å². The number of rotatable bonds is 10. The topological polar surface area (TPSA) is 91.9 Å². The van der Waals surface area contributed by atoms with E-state index in [1.165, 1.54) is 0 Å². The van der Waals surface area contributed by atoms with Gasteiger partial charge in [0.05, 0.1) is 24.3 Å². The van der Waals surface area contributed by atoms with Gasteiger partial charge in [-0.1, -0.05) is 31.8 Å². The van der Waals surface area contributed by atoms with E-state index in [4.69, 9.17) is 9.47 Å². The molecule has 2 aromatic carbocycles. The molecular formula is C27H31N7O2Si. The van der Waals surface area contributed by atoms with Crippen LogP contribution in [0.5, 0.6) is 5.75 Å². The number of imidazole rings is 1. The van der Waals surface area contributed by atoms with Crippen molar-refractivity contribution in [2.45, 2.75) is 32.4 Å². The molecule has 0 spiro atoms. The first-order valence-electron chi connectivity index (χ1n) is 12.2. The summed E-state index contributed by atoms with van der Waals surface area (Å²) in [4.78, 5) is 13.6. The first-order valence-corrected chi connectivity index (χ1v) is 15.9. The molecule has 1 N–H and O–H groups in total. The van der Waals surface area contributed by atoms with E-state index in [0.29, 0.717) is 18.5 Å². The van der Waals surface area contributed by atoms with Crippen LogP contribution in [0.4, 0.5) is 11.5 Å². The average Bonchev–Trinajstić information content (AvgIpc) is 3.54. The van der Waals surface area contributed by atoms with E-state index in [-0.39, 0.29) is 0 Å². The number of benzene rings is 2. The van der Waals surface area contributed by atoms with Crippen LogP contribution in [0.15, 0.2) is 73.4 Å². The molecule has 0 saturated carbocycles. The van der Waals surface area contributed by atoms with Gasteiger partial charge in [-0.2, -0.15) is 10.1 Å². The maximum absolute atomic E-state index is 5.80. The minimum atomic E-state index is -1.08. The predicted molar refractivity (Wildman–Crippen MR) is 148 cm³/mol. The number of aromatic nitrogens is 6. The fraction of sp³-hybridized carbons (Fsp3) is 0.259. The van der Waals surface area contributed by atoms with Crippen molar-refractivity contribution < 1.29 is 9.47 Å². The summed E-state index contributed by atoms with van der Waals surface area (Å²) in [6.07, 6.45) is 7.33. The van der Waals surface area contributed by atoms with Gasteiger partial charge < -0.3 is 14.8 Å². The lowest BCUT2D eigenvalue weighted by molar-refractivity contribution is 0.0786. The van der Waals surface area contributed by atoms with Crippen molar-refractivity contribution in [2.75, 3.05) is 19.0 Å². The molecular weight excluding hydrogens is 482 g/mol. The summed E-state index contributed by atoms with van der Waals surface area (Å²) in [5.74, 6) is 1.99. The minimum absolute atomic E-state index is 0.472. The maximum Gasteiger partial charge on any atom is 0.237 e. The summed E-state index contributed by atoms with van der Waals surface area (Å²) in [6, 6.07) is 16.9. The van der Waals surface area contributed by atoms with Gasteiger partial charge in [0.1, 0.15) is 24.6 Å². The number of hydrogen-bond acceptors (Lipinski definition) is 7. The molecule has 0 bridgehead atoms. The Labute approximate surface area is 217 Å². The van der Waals surface area contributed by atoms with Crippen molar-refractivity contribution >= 4 is 30.6 Å². The first kappa shape index (κ1) is 24.7. The molecule has 5 rings (SSSR count). The van der Waals surface area contributed by atoms with E-state index in [0.717, 1.165) is 46.2 Å². The molecule has 3 heterocycles. The van der Waals surface area contributed by atoms with Gasteiger partial charge in [0.15, 0.2) is 0 Å². The number of ether oxygens (including phenoxy) is 2. The number of nitrogens with one attached hydrogen (secondary N) is 1. The Balaban J connectivity index is 1.24. The molecule has 5 aromatic rings. The number of fused-ring (bicyclic) bond motifs is 1. The van der Waals surface area contributed by atoms with Crippen molar-refractivity contribution in [1.29, 1.82) is 0 Å². The molecule has 0 atom stereocenters. The van der Waals surface area contributed by atoms with Crippen LogP contribution in [0.3, 0.4) is 0 Å². The van der Waals surface area contributed by atoms with Crippen LogP contribution >= 0.6 is 0 Å². The van der Waals surface area contributed by atoms with Crippen LogP contribution in [0.2, 0.25) is 25.7 Å². The summed E-state index contributed by atoms with van der Waals surface area (Å²) < 4.78 is 14.8. The summed E-state index contributed by atoms with van der Waals surface area (Å²) in [6.45, 7) is 8.30. The van der Waals surface area contributed by atoms with Crippen molar-refractivity contribution in [2.24, 2.45) is 0 Å². The van der Waals surface area contributed by atoms with Gasteiger partial charge in [-0.25, -0.2) is 14.6 Å². The summed E-state index contributed by atoms with van der Waals surface area (Å²) in [5.41, 5.74) is 4.79. The summed E-state index contributed by atoms with van der Waals surface area (Å²) in [7, 11) is 0.556. The van der Waals surface area contributed by atoms with Gasteiger partial charge in [-0.3, -0.25) is 4.57 Å². The molecule has 10 heteroatoms. The molecule has 37 heavy (non-hydrogen) atoms. The smallest absolute Gasteiger partial charge is 0.237 e. The van der Waals surface area contributed by atoms with Crippen molar-refractivity contribution in [3.8, 4) is 22.8 Å². The highest BCUT2D eigenvalue weighted by atomic mass is 28.3. The van der Waals surface area contributed by atoms with Crippen LogP contribution in [0.25, 0.3) is 28.1 Å². The molecule has 0 unspecified atom stereocenters. The average molecular weight is 514 g/mol. The number of nitrogens with zero attached hydrogens (tertiary/aromatic N) is 6. The fourth-order valence-corrected chi connectivity index (χ4v) is 4.58. The highest BCUT2D eigenvalue weighted by molar-refractivity contribution is 6.76. The highest BCUT2D eigenvalue weighted by Crippen LogP contribution is 2.24. The second kappa shape index (κ2) is 10.5. The minimum Gasteiger partial charge on any atom is -0.497 e. The number of hydrogen-bond donors (Lipinski definition) is 1. The third-order valence-corrected chi connectivity index (χ3v) is 7.66. The van der Waals surface area contributed by atoms with Gasteiger partial charge in [0.25, 0.3) is 0 Å². The van der Waals surface area contributed by atoms with Crippen LogP contribution < -0.4 is 10.1 Å². The summed E-state index contributed by atoms with van der Waals surface area (Å²) in [5, 5.41) is 7.80. The Kier molecular flexibility index (Phi) is 7.02. The highest BCUT2D eigenvalue weighted by Gasteiger charge is 2.12. The van der Waals surface area contributed by atoms with E-state index in [2.05, 4.69) is 57.1 Å². The van der Waals surface area contributed by atoms with Gasteiger partial charge >= 0.3 is 0 Å². The van der Waals surface area contributed by atoms with E-state index in [1.807, 2.05) is 58.0 Å². The molecule has 3 aromatic heterocycles. The maximum atomic E-state index is 5.80. The van der Waals surface area contributed by atoms with E-state index in [1.54, 1.807) is 19.6 Å². The zero-order valence-corrected chi connectivity index (χ0v) is 22.5. The van der Waals surface area contributed by atoms with E-state index < -0.39 is 8.07 Å². The van der Waals surface area contributed by atoms with Crippen LogP contribution in [0.1, 0.15) is 0 Å². The Morgan fingerprint density at radius 1 is 0.973 bits per heavy atom. The monoisotopic (exact) mass is 513 g/mol.